The molecule has 132 valence electrons. The Hall–Kier alpha value is -2.10. The summed E-state index contributed by atoms with van der Waals surface area (Å²) in [7, 11) is 0. The summed E-state index contributed by atoms with van der Waals surface area (Å²) in [5, 5.41) is 0.576. The van der Waals surface area contributed by atoms with Crippen LogP contribution in [0.4, 0.5) is 5.69 Å². The molecule has 0 saturated heterocycles. The zero-order valence-electron chi connectivity index (χ0n) is 14.7. The van der Waals surface area contributed by atoms with E-state index in [1.54, 1.807) is 0 Å². The molecule has 0 radical (unpaired) electrons. The fraction of sp³-hybridized carbons (Fsp3) is 0.136. The first-order chi connectivity index (χ1) is 12.5. The molecule has 0 atom stereocenters. The summed E-state index contributed by atoms with van der Waals surface area (Å²) in [6.07, 6.45) is 1.83. The molecule has 0 bridgehead atoms. The van der Waals surface area contributed by atoms with Crippen molar-refractivity contribution in [3.63, 3.8) is 0 Å². The van der Waals surface area contributed by atoms with Gasteiger partial charge in [0.1, 0.15) is 12.4 Å². The number of aliphatic imine (C=N–C) groups is 1. The average Bonchev–Trinajstić information content (AvgIpc) is 2.63. The Kier molecular flexibility index (Phi) is 6.12. The molecule has 0 spiro atoms. The molecule has 0 N–H and O–H groups in total. The van der Waals surface area contributed by atoms with Crippen LogP contribution in [-0.4, -0.2) is 6.21 Å². The maximum absolute atomic E-state index is 6.36. The van der Waals surface area contributed by atoms with Gasteiger partial charge < -0.3 is 4.74 Å². The molecule has 4 heteroatoms. The molecule has 0 aromatic heterocycles. The molecule has 26 heavy (non-hydrogen) atoms. The third-order valence-electron chi connectivity index (χ3n) is 4.19. The molecule has 0 aliphatic heterocycles. The fourth-order valence-corrected chi connectivity index (χ4v) is 2.98. The highest BCUT2D eigenvalue weighted by atomic mass is 79.9. The van der Waals surface area contributed by atoms with E-state index in [1.165, 1.54) is 11.1 Å². The van der Waals surface area contributed by atoms with Gasteiger partial charge in [-0.05, 0) is 72.5 Å². The lowest BCUT2D eigenvalue weighted by atomic mass is 10.1. The van der Waals surface area contributed by atoms with E-state index in [0.29, 0.717) is 17.4 Å². The first-order valence-corrected chi connectivity index (χ1v) is 9.47. The van der Waals surface area contributed by atoms with Gasteiger partial charge in [0.05, 0.1) is 10.7 Å². The maximum atomic E-state index is 6.36. The second-order valence-corrected chi connectivity index (χ2v) is 7.41. The number of nitrogens with zero attached hydrogens (tertiary/aromatic N) is 1. The largest absolute Gasteiger partial charge is 0.487 e. The molecule has 0 aliphatic rings. The molecule has 3 aromatic rings. The predicted molar refractivity (Wildman–Crippen MR) is 113 cm³/mol. The van der Waals surface area contributed by atoms with Crippen molar-refractivity contribution in [3.05, 3.63) is 92.4 Å². The number of hydrogen-bond donors (Lipinski definition) is 0. The topological polar surface area (TPSA) is 21.6 Å². The highest BCUT2D eigenvalue weighted by Gasteiger charge is 2.04. The third-order valence-corrected chi connectivity index (χ3v) is 5.02. The van der Waals surface area contributed by atoms with Crippen LogP contribution in [0.15, 0.2) is 70.1 Å². The molecule has 0 heterocycles. The zero-order chi connectivity index (χ0) is 18.5. The summed E-state index contributed by atoms with van der Waals surface area (Å²) in [5.41, 5.74) is 5.41. The quantitative estimate of drug-likeness (QED) is 0.399. The van der Waals surface area contributed by atoms with Gasteiger partial charge in [0.25, 0.3) is 0 Å². The Labute approximate surface area is 167 Å². The number of hydrogen-bond acceptors (Lipinski definition) is 2. The van der Waals surface area contributed by atoms with Crippen LogP contribution in [-0.2, 0) is 6.61 Å². The second kappa shape index (κ2) is 8.52. The summed E-state index contributed by atoms with van der Waals surface area (Å²) < 4.78 is 6.87. The summed E-state index contributed by atoms with van der Waals surface area (Å²) in [6, 6.07) is 19.8. The van der Waals surface area contributed by atoms with Crippen molar-refractivity contribution in [2.24, 2.45) is 4.99 Å². The maximum Gasteiger partial charge on any atom is 0.138 e. The van der Waals surface area contributed by atoms with Gasteiger partial charge in [-0.1, -0.05) is 51.8 Å². The Morgan fingerprint density at radius 1 is 1.04 bits per heavy atom. The van der Waals surface area contributed by atoms with Gasteiger partial charge in [0, 0.05) is 10.7 Å². The molecular weight excluding hydrogens is 410 g/mol. The second-order valence-electron chi connectivity index (χ2n) is 6.08. The smallest absolute Gasteiger partial charge is 0.138 e. The third kappa shape index (κ3) is 4.75. The van der Waals surface area contributed by atoms with Crippen molar-refractivity contribution in [3.8, 4) is 5.75 Å². The summed E-state index contributed by atoms with van der Waals surface area (Å²) in [4.78, 5) is 4.58. The summed E-state index contributed by atoms with van der Waals surface area (Å²) in [5.74, 6) is 0.665. The number of aryl methyl sites for hydroxylation is 1. The SMILES string of the molecule is Cc1cccc(N=Cc2ccc(OCc3ccc(Br)cc3)c(Cl)c2)c1C. The van der Waals surface area contributed by atoms with Crippen LogP contribution in [0.5, 0.6) is 5.75 Å². The number of halogens is 2. The molecule has 0 amide bonds. The minimum Gasteiger partial charge on any atom is -0.487 e. The van der Waals surface area contributed by atoms with E-state index in [2.05, 4.69) is 40.8 Å². The Morgan fingerprint density at radius 2 is 1.81 bits per heavy atom. The first-order valence-electron chi connectivity index (χ1n) is 8.30. The number of ether oxygens (including phenoxy) is 1. The fourth-order valence-electron chi connectivity index (χ4n) is 2.48. The summed E-state index contributed by atoms with van der Waals surface area (Å²) in [6.45, 7) is 4.64. The van der Waals surface area contributed by atoms with E-state index in [-0.39, 0.29) is 0 Å². The average molecular weight is 429 g/mol. The molecule has 2 nitrogen and oxygen atoms in total. The molecular formula is C22H19BrClNO. The van der Waals surface area contributed by atoms with Crippen LogP contribution in [0.3, 0.4) is 0 Å². The lowest BCUT2D eigenvalue weighted by Gasteiger charge is -2.09. The Balaban J connectivity index is 1.70. The van der Waals surface area contributed by atoms with Crippen LogP contribution in [0.1, 0.15) is 22.3 Å². The Morgan fingerprint density at radius 3 is 2.54 bits per heavy atom. The van der Waals surface area contributed by atoms with Crippen molar-refractivity contribution in [1.29, 1.82) is 0 Å². The highest BCUT2D eigenvalue weighted by molar-refractivity contribution is 9.10. The highest BCUT2D eigenvalue weighted by Crippen LogP contribution is 2.27. The van der Waals surface area contributed by atoms with Crippen LogP contribution < -0.4 is 4.74 Å². The lowest BCUT2D eigenvalue weighted by molar-refractivity contribution is 0.306. The van der Waals surface area contributed by atoms with Crippen LogP contribution >= 0.6 is 27.5 Å². The van der Waals surface area contributed by atoms with E-state index in [0.717, 1.165) is 21.3 Å². The normalized spacial score (nSPS) is 11.1. The predicted octanol–water partition coefficient (Wildman–Crippen LogP) is 7.05. The van der Waals surface area contributed by atoms with E-state index in [4.69, 9.17) is 16.3 Å². The molecule has 0 aliphatic carbocycles. The van der Waals surface area contributed by atoms with Gasteiger partial charge in [-0.2, -0.15) is 0 Å². The van der Waals surface area contributed by atoms with Crippen molar-refractivity contribution < 1.29 is 4.74 Å². The monoisotopic (exact) mass is 427 g/mol. The minimum absolute atomic E-state index is 0.475. The van der Waals surface area contributed by atoms with Gasteiger partial charge in [-0.25, -0.2) is 0 Å². The standard InChI is InChI=1S/C22H19BrClNO/c1-15-4-3-5-21(16(15)2)25-13-18-8-11-22(20(24)12-18)26-14-17-6-9-19(23)10-7-17/h3-13H,14H2,1-2H3. The van der Waals surface area contributed by atoms with E-state index in [9.17, 15) is 0 Å². The molecule has 0 saturated carbocycles. The van der Waals surface area contributed by atoms with Gasteiger partial charge in [-0.15, -0.1) is 0 Å². The van der Waals surface area contributed by atoms with Crippen molar-refractivity contribution in [1.82, 2.24) is 0 Å². The van der Waals surface area contributed by atoms with Gasteiger partial charge in [0.2, 0.25) is 0 Å². The first kappa shape index (κ1) is 18.7. The zero-order valence-corrected chi connectivity index (χ0v) is 17.0. The summed E-state index contributed by atoms with van der Waals surface area (Å²) >= 11 is 9.79. The van der Waals surface area contributed by atoms with Gasteiger partial charge in [0.15, 0.2) is 0 Å². The van der Waals surface area contributed by atoms with Crippen molar-refractivity contribution in [2.45, 2.75) is 20.5 Å². The van der Waals surface area contributed by atoms with Crippen LogP contribution in [0.25, 0.3) is 0 Å². The molecule has 0 fully saturated rings. The van der Waals surface area contributed by atoms with Crippen LogP contribution in [0.2, 0.25) is 5.02 Å². The number of rotatable bonds is 5. The lowest BCUT2D eigenvalue weighted by Crippen LogP contribution is -1.96. The van der Waals surface area contributed by atoms with Crippen LogP contribution in [0, 0.1) is 13.8 Å². The van der Waals surface area contributed by atoms with E-state index >= 15 is 0 Å². The molecule has 3 aromatic carbocycles. The number of benzene rings is 3. The van der Waals surface area contributed by atoms with Gasteiger partial charge in [-0.3, -0.25) is 4.99 Å². The van der Waals surface area contributed by atoms with E-state index in [1.807, 2.05) is 60.8 Å². The van der Waals surface area contributed by atoms with Crippen molar-refractivity contribution in [2.75, 3.05) is 0 Å². The molecule has 3 rings (SSSR count). The van der Waals surface area contributed by atoms with Crippen molar-refractivity contribution >= 4 is 39.4 Å². The van der Waals surface area contributed by atoms with E-state index < -0.39 is 0 Å². The minimum atomic E-state index is 0.475. The van der Waals surface area contributed by atoms with Gasteiger partial charge >= 0.3 is 0 Å². The Bertz CT molecular complexity index is 935. The molecule has 0 unspecified atom stereocenters.